The van der Waals surface area contributed by atoms with Gasteiger partial charge in [0, 0.05) is 6.42 Å². The van der Waals surface area contributed by atoms with Gasteiger partial charge >= 0.3 is 0 Å². The van der Waals surface area contributed by atoms with Crippen molar-refractivity contribution in [2.75, 3.05) is 18.5 Å². The third-order valence-corrected chi connectivity index (χ3v) is 3.60. The van der Waals surface area contributed by atoms with Gasteiger partial charge in [-0.05, 0) is 5.56 Å². The van der Waals surface area contributed by atoms with Crippen molar-refractivity contribution in [3.63, 3.8) is 0 Å². The lowest BCUT2D eigenvalue weighted by Crippen LogP contribution is -2.21. The summed E-state index contributed by atoms with van der Waals surface area (Å²) >= 11 is 1.34. The summed E-state index contributed by atoms with van der Waals surface area (Å²) in [5, 5.41) is 12.0. The van der Waals surface area contributed by atoms with E-state index >= 15 is 0 Å². The van der Waals surface area contributed by atoms with Crippen molar-refractivity contribution >= 4 is 22.4 Å². The standard InChI is InChI=1S/C14H13N3O3S/c18-13(11-9-19-6-7-20-11)15-14-17-16-12(21-14)8-10-4-2-1-3-5-10/h1-5,9H,6-8H2,(H,15,17,18). The van der Waals surface area contributed by atoms with Crippen molar-refractivity contribution in [1.82, 2.24) is 10.2 Å². The molecule has 0 spiro atoms. The summed E-state index contributed by atoms with van der Waals surface area (Å²) in [5.74, 6) is -0.224. The number of hydrogen-bond acceptors (Lipinski definition) is 6. The van der Waals surface area contributed by atoms with E-state index in [0.717, 1.165) is 10.6 Å². The number of carbonyl (C=O) groups excluding carboxylic acids is 1. The van der Waals surface area contributed by atoms with E-state index in [1.165, 1.54) is 17.6 Å². The number of ether oxygens (including phenoxy) is 2. The number of hydrogen-bond donors (Lipinski definition) is 1. The van der Waals surface area contributed by atoms with Crippen LogP contribution in [-0.4, -0.2) is 29.3 Å². The summed E-state index contributed by atoms with van der Waals surface area (Å²) in [7, 11) is 0. The molecule has 0 unspecified atom stereocenters. The molecule has 6 nitrogen and oxygen atoms in total. The maximum Gasteiger partial charge on any atom is 0.295 e. The molecule has 1 aliphatic heterocycles. The van der Waals surface area contributed by atoms with E-state index in [1.54, 1.807) is 0 Å². The van der Waals surface area contributed by atoms with E-state index in [9.17, 15) is 4.79 Å². The lowest BCUT2D eigenvalue weighted by molar-refractivity contribution is -0.117. The number of anilines is 1. The summed E-state index contributed by atoms with van der Waals surface area (Å²) in [5.41, 5.74) is 1.15. The molecule has 1 aromatic carbocycles. The van der Waals surface area contributed by atoms with Gasteiger partial charge in [-0.25, -0.2) is 0 Å². The Morgan fingerprint density at radius 1 is 1.24 bits per heavy atom. The molecule has 1 N–H and O–H groups in total. The van der Waals surface area contributed by atoms with Crippen molar-refractivity contribution in [1.29, 1.82) is 0 Å². The zero-order chi connectivity index (χ0) is 14.5. The minimum atomic E-state index is -0.378. The van der Waals surface area contributed by atoms with Gasteiger partial charge in [-0.3, -0.25) is 10.1 Å². The van der Waals surface area contributed by atoms with E-state index in [-0.39, 0.29) is 11.7 Å². The second-order valence-electron chi connectivity index (χ2n) is 4.32. The monoisotopic (exact) mass is 303 g/mol. The van der Waals surface area contributed by atoms with Crippen molar-refractivity contribution in [3.05, 3.63) is 52.9 Å². The Kier molecular flexibility index (Phi) is 4.11. The van der Waals surface area contributed by atoms with Gasteiger partial charge in [-0.1, -0.05) is 41.7 Å². The van der Waals surface area contributed by atoms with E-state index in [4.69, 9.17) is 9.47 Å². The molecule has 0 atom stereocenters. The number of nitrogens with one attached hydrogen (secondary N) is 1. The Labute approximate surface area is 125 Å². The topological polar surface area (TPSA) is 73.3 Å². The van der Waals surface area contributed by atoms with Crippen LogP contribution in [0.15, 0.2) is 42.4 Å². The highest BCUT2D eigenvalue weighted by Gasteiger charge is 2.17. The van der Waals surface area contributed by atoms with E-state index in [0.29, 0.717) is 24.8 Å². The molecule has 0 radical (unpaired) electrons. The average molecular weight is 303 g/mol. The van der Waals surface area contributed by atoms with Gasteiger partial charge in [0.05, 0.1) is 0 Å². The Bertz CT molecular complexity index is 654. The Hall–Kier alpha value is -2.41. The molecule has 2 heterocycles. The van der Waals surface area contributed by atoms with Crippen LogP contribution in [0.4, 0.5) is 5.13 Å². The van der Waals surface area contributed by atoms with Gasteiger partial charge in [0.25, 0.3) is 5.91 Å². The first-order chi connectivity index (χ1) is 10.3. The van der Waals surface area contributed by atoms with Crippen molar-refractivity contribution in [2.24, 2.45) is 0 Å². The van der Waals surface area contributed by atoms with E-state index < -0.39 is 0 Å². The molecule has 1 aliphatic rings. The molecule has 3 rings (SSSR count). The van der Waals surface area contributed by atoms with Gasteiger partial charge in [0.1, 0.15) is 24.5 Å². The highest BCUT2D eigenvalue weighted by molar-refractivity contribution is 7.15. The molecule has 1 aromatic heterocycles. The summed E-state index contributed by atoms with van der Waals surface area (Å²) in [6.07, 6.45) is 2.00. The fourth-order valence-electron chi connectivity index (χ4n) is 1.79. The molecule has 0 bridgehead atoms. The lowest BCUT2D eigenvalue weighted by atomic mass is 10.2. The second-order valence-corrected chi connectivity index (χ2v) is 5.38. The van der Waals surface area contributed by atoms with Crippen LogP contribution < -0.4 is 5.32 Å². The lowest BCUT2D eigenvalue weighted by Gasteiger charge is -2.13. The Morgan fingerprint density at radius 2 is 2.10 bits per heavy atom. The third kappa shape index (κ3) is 3.57. The minimum absolute atomic E-state index is 0.154. The molecule has 21 heavy (non-hydrogen) atoms. The van der Waals surface area contributed by atoms with Crippen molar-refractivity contribution < 1.29 is 14.3 Å². The fraction of sp³-hybridized carbons (Fsp3) is 0.214. The molecule has 108 valence electrons. The molecule has 0 fully saturated rings. The van der Waals surface area contributed by atoms with E-state index in [2.05, 4.69) is 15.5 Å². The highest BCUT2D eigenvalue weighted by Crippen LogP contribution is 2.19. The average Bonchev–Trinajstić information content (AvgIpc) is 2.96. The van der Waals surface area contributed by atoms with Crippen LogP contribution in [0.2, 0.25) is 0 Å². The van der Waals surface area contributed by atoms with Gasteiger partial charge in [-0.15, -0.1) is 10.2 Å². The van der Waals surface area contributed by atoms with Gasteiger partial charge in [0.2, 0.25) is 10.9 Å². The molecular formula is C14H13N3O3S. The van der Waals surface area contributed by atoms with Crippen LogP contribution in [0.25, 0.3) is 0 Å². The van der Waals surface area contributed by atoms with Gasteiger partial charge < -0.3 is 9.47 Å². The smallest absolute Gasteiger partial charge is 0.295 e. The SMILES string of the molecule is O=C(Nc1nnc(Cc2ccccc2)s1)C1=COCCO1. The summed E-state index contributed by atoms with van der Waals surface area (Å²) < 4.78 is 10.2. The first kappa shape index (κ1) is 13.6. The van der Waals surface area contributed by atoms with Crippen LogP contribution in [0.5, 0.6) is 0 Å². The Morgan fingerprint density at radius 3 is 2.86 bits per heavy atom. The second kappa shape index (κ2) is 6.36. The quantitative estimate of drug-likeness (QED) is 0.934. The van der Waals surface area contributed by atoms with Crippen LogP contribution in [0.1, 0.15) is 10.6 Å². The molecule has 2 aromatic rings. The molecule has 0 saturated heterocycles. The van der Waals surface area contributed by atoms with E-state index in [1.807, 2.05) is 30.3 Å². The van der Waals surface area contributed by atoms with Crippen LogP contribution >= 0.6 is 11.3 Å². The maximum atomic E-state index is 11.9. The van der Waals surface area contributed by atoms with Gasteiger partial charge in [0.15, 0.2) is 0 Å². The first-order valence-electron chi connectivity index (χ1n) is 6.43. The number of nitrogens with zero attached hydrogens (tertiary/aromatic N) is 2. The zero-order valence-corrected chi connectivity index (χ0v) is 11.9. The predicted octanol–water partition coefficient (Wildman–Crippen LogP) is 1.96. The van der Waals surface area contributed by atoms with Gasteiger partial charge in [-0.2, -0.15) is 0 Å². The van der Waals surface area contributed by atoms with Crippen LogP contribution in [0.3, 0.4) is 0 Å². The summed E-state index contributed by atoms with van der Waals surface area (Å²) in [6, 6.07) is 9.97. The van der Waals surface area contributed by atoms with Crippen LogP contribution in [-0.2, 0) is 20.7 Å². The van der Waals surface area contributed by atoms with Crippen molar-refractivity contribution in [2.45, 2.75) is 6.42 Å². The highest BCUT2D eigenvalue weighted by atomic mass is 32.1. The minimum Gasteiger partial charge on any atom is -0.494 e. The first-order valence-corrected chi connectivity index (χ1v) is 7.25. The molecule has 1 amide bonds. The van der Waals surface area contributed by atoms with Crippen molar-refractivity contribution in [3.8, 4) is 0 Å². The fourth-order valence-corrected chi connectivity index (χ4v) is 2.56. The molecule has 0 aliphatic carbocycles. The summed E-state index contributed by atoms with van der Waals surface area (Å²) in [4.78, 5) is 11.9. The number of amides is 1. The number of carbonyl (C=O) groups is 1. The molecular weight excluding hydrogens is 290 g/mol. The third-order valence-electron chi connectivity index (χ3n) is 2.76. The predicted molar refractivity (Wildman–Crippen MR) is 77.8 cm³/mol. The molecule has 0 saturated carbocycles. The largest absolute Gasteiger partial charge is 0.494 e. The maximum absolute atomic E-state index is 11.9. The number of benzene rings is 1. The number of aromatic nitrogens is 2. The normalized spacial score (nSPS) is 13.8. The zero-order valence-electron chi connectivity index (χ0n) is 11.1. The summed E-state index contributed by atoms with van der Waals surface area (Å²) in [6.45, 7) is 0.825. The molecule has 7 heteroatoms. The Balaban J connectivity index is 1.62. The van der Waals surface area contributed by atoms with Crippen LogP contribution in [0, 0.1) is 0 Å². The number of rotatable bonds is 4.